The van der Waals surface area contributed by atoms with E-state index in [-0.39, 0.29) is 24.0 Å². The molecule has 0 saturated carbocycles. The first-order chi connectivity index (χ1) is 34.6. The minimum atomic E-state index is -1.92. The molecule has 18 atom stereocenters. The molecule has 3 aliphatic rings. The number of unbranched alkanes of at least 4 members (excludes halogenated alkanes) is 16. The summed E-state index contributed by atoms with van der Waals surface area (Å²) >= 11 is 0. The molecule has 72 heavy (non-hydrogen) atoms. The molecule has 0 aromatic heterocycles. The van der Waals surface area contributed by atoms with Crippen LogP contribution < -0.4 is 10.6 Å². The van der Waals surface area contributed by atoms with E-state index in [4.69, 9.17) is 28.4 Å². The van der Waals surface area contributed by atoms with E-state index < -0.39 is 124 Å². The van der Waals surface area contributed by atoms with E-state index in [0.29, 0.717) is 32.2 Å². The third-order valence-electron chi connectivity index (χ3n) is 14.4. The Kier molecular flexibility index (Phi) is 32.8. The van der Waals surface area contributed by atoms with Crippen molar-refractivity contribution in [3.05, 3.63) is 0 Å². The maximum atomic E-state index is 12.2. The van der Waals surface area contributed by atoms with Crippen LogP contribution in [-0.4, -0.2) is 212 Å². The average Bonchev–Trinajstić information content (AvgIpc) is 3.37. The topological polar surface area (TPSA) is 336 Å². The second-order valence-corrected chi connectivity index (χ2v) is 20.4. The van der Waals surface area contributed by atoms with Gasteiger partial charge in [0.1, 0.15) is 79.0 Å². The zero-order valence-electron chi connectivity index (χ0n) is 43.4. The summed E-state index contributed by atoms with van der Waals surface area (Å²) in [4.78, 5) is 24.1. The molecular formula is C51H96N2O19. The van der Waals surface area contributed by atoms with E-state index in [2.05, 4.69) is 10.6 Å². The second-order valence-electron chi connectivity index (χ2n) is 20.4. The summed E-state index contributed by atoms with van der Waals surface area (Å²) in [6.07, 6.45) is -6.54. The van der Waals surface area contributed by atoms with Crippen LogP contribution in [0.15, 0.2) is 0 Å². The number of aliphatic hydroxyl groups excluding tert-OH is 11. The van der Waals surface area contributed by atoms with Gasteiger partial charge in [-0.05, 0) is 51.6 Å². The standard InChI is InChI=1S/C51H96N2O19/c1-4-32(2)27-35(34(58)24-20-17-15-13-11-9-7-5-6-8-10-12-14-16-19-23-33(57)28-39(59)53-26-22-18-21-25-52-3)67-51-48(72-50-46(66)44(64)41(61)37(30-55)69-50)47(42(62)38(31-56)70-51)71-49-45(65)43(63)40(60)36(29-54)68-49/h32,34-38,40-52,54-56,58,60-66H,4-31H2,1-3H3,(H,53,59)/t32?,34?,35?,36-,37-,38-,40+,41+,42-,43+,44+,45-,46-,47+,48-,49+,50+,51-/m1/s1. The predicted octanol–water partition coefficient (Wildman–Crippen LogP) is 0.714. The quantitative estimate of drug-likeness (QED) is 0.0298. The molecule has 3 fully saturated rings. The number of ether oxygens (including phenoxy) is 6. The molecule has 0 bridgehead atoms. The number of carbonyl (C=O) groups is 2. The Bertz CT molecular complexity index is 1420. The van der Waals surface area contributed by atoms with Gasteiger partial charge in [-0.1, -0.05) is 117 Å². The first-order valence-electron chi connectivity index (χ1n) is 27.2. The van der Waals surface area contributed by atoms with Crippen LogP contribution in [0.1, 0.15) is 162 Å². The molecule has 0 aromatic rings. The van der Waals surface area contributed by atoms with Gasteiger partial charge >= 0.3 is 0 Å². The van der Waals surface area contributed by atoms with Crippen molar-refractivity contribution in [2.45, 2.75) is 266 Å². The molecule has 3 saturated heterocycles. The Hall–Kier alpha value is -1.58. The molecule has 424 valence electrons. The maximum absolute atomic E-state index is 12.2. The normalized spacial score (nSPS) is 32.3. The largest absolute Gasteiger partial charge is 0.394 e. The summed E-state index contributed by atoms with van der Waals surface area (Å²) in [6.45, 7) is 3.21. The summed E-state index contributed by atoms with van der Waals surface area (Å²) in [5, 5.41) is 123. The second kappa shape index (κ2) is 36.5. The van der Waals surface area contributed by atoms with E-state index in [0.717, 1.165) is 90.0 Å². The fourth-order valence-electron chi connectivity index (χ4n) is 9.48. The van der Waals surface area contributed by atoms with Gasteiger partial charge in [-0.3, -0.25) is 9.59 Å². The van der Waals surface area contributed by atoms with E-state index >= 15 is 0 Å². The van der Waals surface area contributed by atoms with Gasteiger partial charge in [0.25, 0.3) is 0 Å². The van der Waals surface area contributed by atoms with Crippen molar-refractivity contribution in [3.8, 4) is 0 Å². The first-order valence-corrected chi connectivity index (χ1v) is 27.2. The van der Waals surface area contributed by atoms with E-state index in [1.165, 1.54) is 32.1 Å². The molecule has 0 spiro atoms. The van der Waals surface area contributed by atoms with Gasteiger partial charge in [-0.2, -0.15) is 0 Å². The van der Waals surface area contributed by atoms with Crippen LogP contribution in [0.5, 0.6) is 0 Å². The lowest BCUT2D eigenvalue weighted by Gasteiger charge is -2.49. The summed E-state index contributed by atoms with van der Waals surface area (Å²) in [5.41, 5.74) is 0. The lowest BCUT2D eigenvalue weighted by Crippen LogP contribution is -2.67. The highest BCUT2D eigenvalue weighted by molar-refractivity contribution is 5.97. The minimum absolute atomic E-state index is 0.0135. The SMILES string of the molecule is CCC(C)CC(O[C@@H]1O[C@H](CO)[C@@H](O)[C@H](O[C@@H]2O[C@H](CO)[C@H](O)[C@H](O)[C@H]2O)[C@H]1O[C@@H]1O[C@H](CO)[C@H](O)[C@H](O)[C@H]1O)C(O)CCCCCCCCCCCCCCCCCC(=O)CC(=O)NCCCCCNC. The molecular weight excluding hydrogens is 945 g/mol. The first kappa shape index (κ1) is 64.7. The number of hydrogen-bond donors (Lipinski definition) is 13. The number of Topliss-reactive ketones (excluding diaryl/α,β-unsaturated/α-hetero) is 1. The number of amides is 1. The van der Waals surface area contributed by atoms with Gasteiger partial charge in [0, 0.05) is 13.0 Å². The molecule has 0 aromatic carbocycles. The summed E-state index contributed by atoms with van der Waals surface area (Å²) < 4.78 is 35.8. The molecule has 3 heterocycles. The number of hydrogen-bond acceptors (Lipinski definition) is 20. The lowest BCUT2D eigenvalue weighted by atomic mass is 9.94. The van der Waals surface area contributed by atoms with Gasteiger partial charge in [0.15, 0.2) is 18.9 Å². The van der Waals surface area contributed by atoms with Crippen LogP contribution in [-0.2, 0) is 38.0 Å². The van der Waals surface area contributed by atoms with Gasteiger partial charge in [0.2, 0.25) is 5.91 Å². The monoisotopic (exact) mass is 1040 g/mol. The number of rotatable bonds is 39. The average molecular weight is 1040 g/mol. The Balaban J connectivity index is 1.45. The van der Waals surface area contributed by atoms with Gasteiger partial charge in [-0.15, -0.1) is 0 Å². The van der Waals surface area contributed by atoms with Gasteiger partial charge in [-0.25, -0.2) is 0 Å². The van der Waals surface area contributed by atoms with Crippen LogP contribution in [0.3, 0.4) is 0 Å². The third-order valence-corrected chi connectivity index (χ3v) is 14.4. The smallest absolute Gasteiger partial charge is 0.227 e. The Morgan fingerprint density at radius 2 is 0.972 bits per heavy atom. The fraction of sp³-hybridized carbons (Fsp3) is 0.961. The highest BCUT2D eigenvalue weighted by Crippen LogP contribution is 2.35. The van der Waals surface area contributed by atoms with E-state index in [9.17, 15) is 65.8 Å². The van der Waals surface area contributed by atoms with Crippen LogP contribution >= 0.6 is 0 Å². The minimum Gasteiger partial charge on any atom is -0.394 e. The van der Waals surface area contributed by atoms with Gasteiger partial charge < -0.3 is 95.2 Å². The Morgan fingerprint density at radius 1 is 0.542 bits per heavy atom. The Labute approximate surface area is 427 Å². The van der Waals surface area contributed by atoms with Crippen molar-refractivity contribution in [3.63, 3.8) is 0 Å². The zero-order valence-corrected chi connectivity index (χ0v) is 43.4. The zero-order chi connectivity index (χ0) is 53.0. The molecule has 1 amide bonds. The van der Waals surface area contributed by atoms with E-state index in [1.54, 1.807) is 0 Å². The molecule has 21 heteroatoms. The molecule has 3 rings (SSSR count). The molecule has 13 N–H and O–H groups in total. The fourth-order valence-corrected chi connectivity index (χ4v) is 9.48. The van der Waals surface area contributed by atoms with Crippen LogP contribution in [0.4, 0.5) is 0 Å². The highest BCUT2D eigenvalue weighted by Gasteiger charge is 2.55. The van der Waals surface area contributed by atoms with Crippen LogP contribution in [0, 0.1) is 5.92 Å². The molecule has 21 nitrogen and oxygen atoms in total. The predicted molar refractivity (Wildman–Crippen MR) is 263 cm³/mol. The molecule has 0 radical (unpaired) electrons. The number of aliphatic hydroxyl groups is 11. The van der Waals surface area contributed by atoms with Crippen LogP contribution in [0.2, 0.25) is 0 Å². The third kappa shape index (κ3) is 22.2. The molecule has 0 aliphatic carbocycles. The number of carbonyl (C=O) groups excluding carboxylic acids is 2. The van der Waals surface area contributed by atoms with Crippen molar-refractivity contribution >= 4 is 11.7 Å². The van der Waals surface area contributed by atoms with Crippen molar-refractivity contribution in [1.29, 1.82) is 0 Å². The molecule has 3 aliphatic heterocycles. The van der Waals surface area contributed by atoms with Crippen molar-refractivity contribution in [2.24, 2.45) is 5.92 Å². The van der Waals surface area contributed by atoms with Gasteiger partial charge in [0.05, 0.1) is 38.4 Å². The van der Waals surface area contributed by atoms with E-state index in [1.807, 2.05) is 20.9 Å². The molecule has 3 unspecified atom stereocenters. The lowest BCUT2D eigenvalue weighted by molar-refractivity contribution is -0.397. The summed E-state index contributed by atoms with van der Waals surface area (Å²) in [7, 11) is 1.92. The summed E-state index contributed by atoms with van der Waals surface area (Å²) in [5.74, 6) is -0.0948. The van der Waals surface area contributed by atoms with Crippen molar-refractivity contribution in [1.82, 2.24) is 10.6 Å². The summed E-state index contributed by atoms with van der Waals surface area (Å²) in [6, 6.07) is 0. The number of nitrogens with one attached hydrogen (secondary N) is 2. The Morgan fingerprint density at radius 3 is 1.46 bits per heavy atom. The highest BCUT2D eigenvalue weighted by atomic mass is 16.8. The van der Waals surface area contributed by atoms with Crippen molar-refractivity contribution in [2.75, 3.05) is 40.0 Å². The number of ketones is 1. The maximum Gasteiger partial charge on any atom is 0.227 e. The van der Waals surface area contributed by atoms with Crippen LogP contribution in [0.25, 0.3) is 0 Å². The van der Waals surface area contributed by atoms with Crippen molar-refractivity contribution < 1.29 is 94.2 Å².